The highest BCUT2D eigenvalue weighted by Crippen LogP contribution is 2.22. The second-order valence-corrected chi connectivity index (χ2v) is 8.67. The summed E-state index contributed by atoms with van der Waals surface area (Å²) in [5.74, 6) is 0. The molecule has 0 amide bonds. The van der Waals surface area contributed by atoms with Crippen molar-refractivity contribution < 1.29 is 20.1 Å². The molecule has 1 aliphatic heterocycles. The standard InChI is InChI=1S/C16H26N6O4S/c1-16(2,3)22-6-9(18-21-22)4-5-12-19-20-15(27-12)17-10-8-26-11(7-23)14(25)13(10)24/h6,10-11,13-14,23-25H,4-5,7-8H2,1-3H3,(H,17,20)/t10-,11+,13+,14-/m0/s1. The molecule has 1 saturated heterocycles. The molecule has 150 valence electrons. The molecule has 2 aromatic heterocycles. The highest BCUT2D eigenvalue weighted by Gasteiger charge is 2.38. The number of hydrogen-bond acceptors (Lipinski definition) is 10. The zero-order chi connectivity index (χ0) is 19.6. The van der Waals surface area contributed by atoms with Crippen molar-refractivity contribution >= 4 is 16.5 Å². The van der Waals surface area contributed by atoms with E-state index in [1.54, 1.807) is 0 Å². The van der Waals surface area contributed by atoms with Crippen molar-refractivity contribution in [2.24, 2.45) is 0 Å². The van der Waals surface area contributed by atoms with Crippen LogP contribution >= 0.6 is 11.3 Å². The number of aliphatic hydroxyl groups excluding tert-OH is 3. The average molecular weight is 398 g/mol. The summed E-state index contributed by atoms with van der Waals surface area (Å²) in [5.41, 5.74) is 0.789. The maximum Gasteiger partial charge on any atom is 0.206 e. The van der Waals surface area contributed by atoms with Gasteiger partial charge < -0.3 is 25.4 Å². The van der Waals surface area contributed by atoms with Crippen LogP contribution in [-0.4, -0.2) is 78.1 Å². The number of aliphatic hydroxyl groups is 3. The van der Waals surface area contributed by atoms with Crippen LogP contribution in [0.5, 0.6) is 0 Å². The van der Waals surface area contributed by atoms with E-state index in [2.05, 4.69) is 46.6 Å². The number of ether oxygens (including phenoxy) is 1. The Kier molecular flexibility index (Phi) is 6.06. The molecule has 3 heterocycles. The number of aromatic nitrogens is 5. The SMILES string of the molecule is CC(C)(C)n1cc(CCc2nnc(N[C@H]3CO[C@H](CO)[C@H](O)[C@@H]3O)s2)nn1. The van der Waals surface area contributed by atoms with Crippen molar-refractivity contribution in [1.29, 1.82) is 0 Å². The summed E-state index contributed by atoms with van der Waals surface area (Å²) in [5, 5.41) is 50.2. The van der Waals surface area contributed by atoms with E-state index in [9.17, 15) is 10.2 Å². The highest BCUT2D eigenvalue weighted by atomic mass is 32.1. The summed E-state index contributed by atoms with van der Waals surface area (Å²) in [4.78, 5) is 0. The third-order valence-electron chi connectivity index (χ3n) is 4.41. The first-order valence-electron chi connectivity index (χ1n) is 8.87. The molecule has 2 aromatic rings. The van der Waals surface area contributed by atoms with Crippen molar-refractivity contribution in [3.8, 4) is 0 Å². The number of hydrogen-bond donors (Lipinski definition) is 4. The van der Waals surface area contributed by atoms with Crippen LogP contribution in [0, 0.1) is 0 Å². The first-order chi connectivity index (χ1) is 12.8. The predicted molar refractivity (Wildman–Crippen MR) is 98.6 cm³/mol. The lowest BCUT2D eigenvalue weighted by molar-refractivity contribution is -0.152. The minimum atomic E-state index is -1.15. The third-order valence-corrected chi connectivity index (χ3v) is 5.33. The Morgan fingerprint density at radius 2 is 2.00 bits per heavy atom. The molecule has 0 aliphatic carbocycles. The lowest BCUT2D eigenvalue weighted by Crippen LogP contribution is -2.56. The summed E-state index contributed by atoms with van der Waals surface area (Å²) in [6.07, 6.45) is 0.339. The van der Waals surface area contributed by atoms with E-state index in [4.69, 9.17) is 9.84 Å². The smallest absolute Gasteiger partial charge is 0.206 e. The molecule has 4 atom stereocenters. The fourth-order valence-corrected chi connectivity index (χ4v) is 3.52. The van der Waals surface area contributed by atoms with Crippen LogP contribution in [0.15, 0.2) is 6.20 Å². The van der Waals surface area contributed by atoms with E-state index in [1.807, 2.05) is 10.9 Å². The maximum absolute atomic E-state index is 10.2. The van der Waals surface area contributed by atoms with Crippen molar-refractivity contribution in [1.82, 2.24) is 25.2 Å². The minimum absolute atomic E-state index is 0.104. The molecule has 11 heteroatoms. The summed E-state index contributed by atoms with van der Waals surface area (Å²) < 4.78 is 7.19. The van der Waals surface area contributed by atoms with Gasteiger partial charge >= 0.3 is 0 Å². The van der Waals surface area contributed by atoms with Gasteiger partial charge in [0.1, 0.15) is 23.3 Å². The van der Waals surface area contributed by atoms with Crippen LogP contribution in [0.2, 0.25) is 0 Å². The van der Waals surface area contributed by atoms with Gasteiger partial charge in [-0.2, -0.15) is 0 Å². The van der Waals surface area contributed by atoms with Crippen LogP contribution in [0.3, 0.4) is 0 Å². The zero-order valence-corrected chi connectivity index (χ0v) is 16.4. The topological polar surface area (TPSA) is 138 Å². The van der Waals surface area contributed by atoms with Gasteiger partial charge in [-0.1, -0.05) is 16.6 Å². The van der Waals surface area contributed by atoms with Gasteiger partial charge in [0, 0.05) is 12.6 Å². The van der Waals surface area contributed by atoms with Crippen LogP contribution in [0.1, 0.15) is 31.5 Å². The quantitative estimate of drug-likeness (QED) is 0.510. The highest BCUT2D eigenvalue weighted by molar-refractivity contribution is 7.15. The molecule has 3 rings (SSSR count). The predicted octanol–water partition coefficient (Wildman–Crippen LogP) is -0.437. The van der Waals surface area contributed by atoms with Crippen LogP contribution in [-0.2, 0) is 23.1 Å². The van der Waals surface area contributed by atoms with Crippen molar-refractivity contribution in [2.75, 3.05) is 18.5 Å². The Hall–Kier alpha value is -1.66. The van der Waals surface area contributed by atoms with E-state index in [-0.39, 0.29) is 18.8 Å². The lowest BCUT2D eigenvalue weighted by atomic mass is 9.99. The normalized spacial score (nSPS) is 26.3. The number of nitrogens with zero attached hydrogens (tertiary/aromatic N) is 5. The molecule has 0 unspecified atom stereocenters. The van der Waals surface area contributed by atoms with Gasteiger partial charge in [0.2, 0.25) is 5.13 Å². The molecule has 10 nitrogen and oxygen atoms in total. The molecule has 0 bridgehead atoms. The Labute approximate surface area is 161 Å². The monoisotopic (exact) mass is 398 g/mol. The van der Waals surface area contributed by atoms with Gasteiger partial charge in [-0.05, 0) is 27.2 Å². The average Bonchev–Trinajstić information content (AvgIpc) is 3.26. The summed E-state index contributed by atoms with van der Waals surface area (Å²) >= 11 is 1.38. The number of nitrogens with one attached hydrogen (secondary N) is 1. The fraction of sp³-hybridized carbons (Fsp3) is 0.750. The van der Waals surface area contributed by atoms with Gasteiger partial charge in [0.05, 0.1) is 30.5 Å². The number of aryl methyl sites for hydroxylation is 2. The third kappa shape index (κ3) is 4.79. The fourth-order valence-electron chi connectivity index (χ4n) is 2.72. The van der Waals surface area contributed by atoms with Crippen molar-refractivity contribution in [2.45, 2.75) is 63.5 Å². The number of rotatable bonds is 6. The van der Waals surface area contributed by atoms with Gasteiger partial charge in [-0.15, -0.1) is 15.3 Å². The van der Waals surface area contributed by atoms with Crippen molar-refractivity contribution in [3.05, 3.63) is 16.9 Å². The number of anilines is 1. The van der Waals surface area contributed by atoms with Crippen LogP contribution < -0.4 is 5.32 Å². The molecule has 1 aliphatic rings. The summed E-state index contributed by atoms with van der Waals surface area (Å²) in [6.45, 7) is 6.02. The van der Waals surface area contributed by atoms with Crippen molar-refractivity contribution in [3.63, 3.8) is 0 Å². The molecule has 0 aromatic carbocycles. The Bertz CT molecular complexity index is 745. The van der Waals surface area contributed by atoms with Gasteiger partial charge in [-0.3, -0.25) is 0 Å². The molecule has 1 fully saturated rings. The summed E-state index contributed by atoms with van der Waals surface area (Å²) in [6, 6.07) is -0.518. The Morgan fingerprint density at radius 3 is 2.67 bits per heavy atom. The summed E-state index contributed by atoms with van der Waals surface area (Å²) in [7, 11) is 0. The molecule has 0 saturated carbocycles. The van der Waals surface area contributed by atoms with Gasteiger partial charge in [0.25, 0.3) is 0 Å². The Morgan fingerprint density at radius 1 is 1.22 bits per heavy atom. The van der Waals surface area contributed by atoms with E-state index < -0.39 is 24.4 Å². The second kappa shape index (κ2) is 8.15. The van der Waals surface area contributed by atoms with Crippen LogP contribution in [0.4, 0.5) is 5.13 Å². The van der Waals surface area contributed by atoms with Gasteiger partial charge in [-0.25, -0.2) is 4.68 Å². The molecular weight excluding hydrogens is 372 g/mol. The Balaban J connectivity index is 1.54. The maximum atomic E-state index is 10.2. The van der Waals surface area contributed by atoms with E-state index >= 15 is 0 Å². The first kappa shape index (κ1) is 20.1. The zero-order valence-electron chi connectivity index (χ0n) is 15.6. The second-order valence-electron chi connectivity index (χ2n) is 7.61. The molecule has 4 N–H and O–H groups in total. The largest absolute Gasteiger partial charge is 0.394 e. The molecule has 0 radical (unpaired) electrons. The van der Waals surface area contributed by atoms with E-state index in [0.29, 0.717) is 18.0 Å². The molecule has 0 spiro atoms. The minimum Gasteiger partial charge on any atom is -0.394 e. The van der Waals surface area contributed by atoms with Crippen LogP contribution in [0.25, 0.3) is 0 Å². The lowest BCUT2D eigenvalue weighted by Gasteiger charge is -2.36. The molecule has 27 heavy (non-hydrogen) atoms. The first-order valence-corrected chi connectivity index (χ1v) is 9.69. The van der Waals surface area contributed by atoms with E-state index in [1.165, 1.54) is 11.3 Å². The van der Waals surface area contributed by atoms with E-state index in [0.717, 1.165) is 10.7 Å². The molecular formula is C16H26N6O4S. The van der Waals surface area contributed by atoms with Gasteiger partial charge in [0.15, 0.2) is 0 Å².